The summed E-state index contributed by atoms with van der Waals surface area (Å²) in [6.45, 7) is 0.284. The summed E-state index contributed by atoms with van der Waals surface area (Å²) in [6.07, 6.45) is 0. The van der Waals surface area contributed by atoms with E-state index in [1.165, 1.54) is 6.07 Å². The molecule has 2 amide bonds. The third-order valence-corrected chi connectivity index (χ3v) is 4.83. The molecule has 0 bridgehead atoms. The Balaban J connectivity index is 1.16. The Bertz CT molecular complexity index is 1430. The molecular weight excluding hydrogens is 432 g/mol. The highest BCUT2D eigenvalue weighted by molar-refractivity contribution is 5.96. The summed E-state index contributed by atoms with van der Waals surface area (Å²) in [5.74, 6) is -0.0530. The molecule has 5 rings (SSSR count). The van der Waals surface area contributed by atoms with Gasteiger partial charge in [0.2, 0.25) is 12.6 Å². The number of benzene rings is 2. The molecule has 11 nitrogen and oxygen atoms in total. The maximum absolute atomic E-state index is 12.3. The Kier molecular flexibility index (Phi) is 5.19. The topological polar surface area (TPSA) is 146 Å². The minimum atomic E-state index is -0.739. The first-order chi connectivity index (χ1) is 16.1. The molecule has 1 aliphatic rings. The van der Waals surface area contributed by atoms with Crippen molar-refractivity contribution < 1.29 is 28.0 Å². The number of para-hydroxylation sites is 1. The highest BCUT2D eigenvalue weighted by atomic mass is 16.7. The third-order valence-electron chi connectivity index (χ3n) is 4.83. The molecule has 33 heavy (non-hydrogen) atoms. The summed E-state index contributed by atoms with van der Waals surface area (Å²) in [6, 6.07) is 13.5. The molecule has 0 aliphatic carbocycles. The molecule has 0 fully saturated rings. The van der Waals surface area contributed by atoms with Gasteiger partial charge in [-0.1, -0.05) is 23.4 Å². The van der Waals surface area contributed by atoms with E-state index in [2.05, 4.69) is 20.8 Å². The van der Waals surface area contributed by atoms with Gasteiger partial charge in [0.05, 0.1) is 0 Å². The summed E-state index contributed by atoms with van der Waals surface area (Å²) < 4.78 is 20.7. The first-order valence-corrected chi connectivity index (χ1v) is 9.91. The number of nitrogens with one attached hydrogen (secondary N) is 2. The lowest BCUT2D eigenvalue weighted by Crippen LogP contribution is -2.36. The van der Waals surface area contributed by atoms with Crippen LogP contribution in [0, 0.1) is 0 Å². The molecule has 3 heterocycles. The summed E-state index contributed by atoms with van der Waals surface area (Å²) in [7, 11) is 0. The van der Waals surface area contributed by atoms with Crippen LogP contribution in [-0.2, 0) is 0 Å². The maximum atomic E-state index is 12.3. The fourth-order valence-corrected chi connectivity index (χ4v) is 3.21. The number of hydrogen-bond acceptors (Lipinski definition) is 9. The van der Waals surface area contributed by atoms with Crippen molar-refractivity contribution in [1.82, 2.24) is 20.8 Å². The third kappa shape index (κ3) is 4.11. The number of amides is 2. The molecule has 2 N–H and O–H groups in total. The fraction of sp³-hybridized carbons (Fsp3) is 0.136. The van der Waals surface area contributed by atoms with Crippen LogP contribution < -0.4 is 25.7 Å². The van der Waals surface area contributed by atoms with Crippen LogP contribution in [-0.4, -0.2) is 41.8 Å². The van der Waals surface area contributed by atoms with Gasteiger partial charge in [-0.25, -0.2) is 4.79 Å². The molecule has 0 unspecified atom stereocenters. The molecule has 2 aromatic carbocycles. The second-order valence-electron chi connectivity index (χ2n) is 6.99. The van der Waals surface area contributed by atoms with E-state index in [1.807, 2.05) is 0 Å². The molecule has 11 heteroatoms. The molecule has 0 radical (unpaired) electrons. The smallest absolute Gasteiger partial charge is 0.349 e. The molecule has 166 valence electrons. The van der Waals surface area contributed by atoms with Crippen LogP contribution in [0.1, 0.15) is 21.0 Å². The lowest BCUT2D eigenvalue weighted by molar-refractivity contribution is 0.0897. The van der Waals surface area contributed by atoms with Gasteiger partial charge in [0, 0.05) is 24.0 Å². The van der Waals surface area contributed by atoms with Gasteiger partial charge in [-0.3, -0.25) is 9.59 Å². The van der Waals surface area contributed by atoms with Crippen LogP contribution in [0.5, 0.6) is 11.5 Å². The van der Waals surface area contributed by atoms with Crippen LogP contribution in [0.3, 0.4) is 0 Å². The van der Waals surface area contributed by atoms with Crippen LogP contribution in [0.25, 0.3) is 22.4 Å². The van der Waals surface area contributed by atoms with Crippen LogP contribution in [0.2, 0.25) is 0 Å². The quantitative estimate of drug-likeness (QED) is 0.333. The fourth-order valence-electron chi connectivity index (χ4n) is 3.21. The van der Waals surface area contributed by atoms with E-state index in [1.54, 1.807) is 42.5 Å². The molecule has 0 atom stereocenters. The highest BCUT2D eigenvalue weighted by Crippen LogP contribution is 2.35. The molecule has 0 saturated heterocycles. The zero-order valence-corrected chi connectivity index (χ0v) is 17.0. The van der Waals surface area contributed by atoms with E-state index >= 15 is 0 Å². The second-order valence-corrected chi connectivity index (χ2v) is 6.99. The van der Waals surface area contributed by atoms with Crippen molar-refractivity contribution in [3.8, 4) is 22.9 Å². The van der Waals surface area contributed by atoms with Crippen molar-refractivity contribution in [3.05, 3.63) is 70.4 Å². The summed E-state index contributed by atoms with van der Waals surface area (Å²) in [5, 5.41) is 9.56. The molecule has 0 saturated carbocycles. The Hall–Kier alpha value is -4.67. The van der Waals surface area contributed by atoms with Crippen molar-refractivity contribution >= 4 is 22.8 Å². The Morgan fingerprint density at radius 1 is 0.939 bits per heavy atom. The van der Waals surface area contributed by atoms with Crippen molar-refractivity contribution in [2.24, 2.45) is 0 Å². The average Bonchev–Trinajstić information content (AvgIpc) is 3.50. The van der Waals surface area contributed by atoms with E-state index in [0.29, 0.717) is 28.0 Å². The summed E-state index contributed by atoms with van der Waals surface area (Å²) >= 11 is 0. The zero-order chi connectivity index (χ0) is 22.8. The van der Waals surface area contributed by atoms with Gasteiger partial charge in [-0.05, 0) is 30.3 Å². The number of carbonyl (C=O) groups is 2. The lowest BCUT2D eigenvalue weighted by Gasteiger charge is -2.05. The lowest BCUT2D eigenvalue weighted by atomic mass is 10.2. The van der Waals surface area contributed by atoms with Crippen LogP contribution in [0.15, 0.2) is 62.3 Å². The van der Waals surface area contributed by atoms with E-state index in [-0.39, 0.29) is 37.2 Å². The molecule has 2 aromatic heterocycles. The number of rotatable bonds is 6. The first-order valence-electron chi connectivity index (χ1n) is 9.91. The van der Waals surface area contributed by atoms with Gasteiger partial charge in [0.1, 0.15) is 11.1 Å². The number of fused-ring (bicyclic) bond motifs is 2. The van der Waals surface area contributed by atoms with Gasteiger partial charge >= 0.3 is 17.4 Å². The van der Waals surface area contributed by atoms with E-state index in [4.69, 9.17) is 18.4 Å². The predicted octanol–water partition coefficient (Wildman–Crippen LogP) is 1.73. The van der Waals surface area contributed by atoms with Gasteiger partial charge in [-0.15, -0.1) is 0 Å². The Morgan fingerprint density at radius 2 is 1.73 bits per heavy atom. The largest absolute Gasteiger partial charge is 0.454 e. The van der Waals surface area contributed by atoms with Crippen molar-refractivity contribution in [2.75, 3.05) is 19.9 Å². The first kappa shape index (κ1) is 20.2. The standard InChI is InChI=1S/C22H16N4O7/c27-19(14-9-12-3-1-2-4-15(12)32-22(14)29)23-7-8-24-20(28)21-25-18(26-33-21)13-5-6-16-17(10-13)31-11-30-16/h1-6,9-10H,7-8,11H2,(H,23,27)(H,24,28). The van der Waals surface area contributed by atoms with Crippen molar-refractivity contribution in [2.45, 2.75) is 0 Å². The minimum absolute atomic E-state index is 0.0694. The molecule has 1 aliphatic heterocycles. The van der Waals surface area contributed by atoms with Crippen LogP contribution >= 0.6 is 0 Å². The number of aromatic nitrogens is 2. The maximum Gasteiger partial charge on any atom is 0.349 e. The average molecular weight is 448 g/mol. The Morgan fingerprint density at radius 3 is 2.61 bits per heavy atom. The number of ether oxygens (including phenoxy) is 2. The number of carbonyl (C=O) groups excluding carboxylic acids is 2. The van der Waals surface area contributed by atoms with Gasteiger partial charge in [0.25, 0.3) is 5.91 Å². The van der Waals surface area contributed by atoms with Gasteiger partial charge < -0.3 is 29.0 Å². The predicted molar refractivity (Wildman–Crippen MR) is 113 cm³/mol. The van der Waals surface area contributed by atoms with E-state index in [0.717, 1.165) is 0 Å². The normalized spacial score (nSPS) is 12.0. The minimum Gasteiger partial charge on any atom is -0.454 e. The number of nitrogens with zero attached hydrogens (tertiary/aromatic N) is 2. The summed E-state index contributed by atoms with van der Waals surface area (Å²) in [4.78, 5) is 40.7. The Labute approximate surface area is 185 Å². The summed E-state index contributed by atoms with van der Waals surface area (Å²) in [5.41, 5.74) is 0.136. The molecule has 4 aromatic rings. The van der Waals surface area contributed by atoms with Gasteiger partial charge in [0.15, 0.2) is 11.5 Å². The van der Waals surface area contributed by atoms with Crippen molar-refractivity contribution in [1.29, 1.82) is 0 Å². The van der Waals surface area contributed by atoms with E-state index in [9.17, 15) is 14.4 Å². The van der Waals surface area contributed by atoms with Crippen LogP contribution in [0.4, 0.5) is 0 Å². The second kappa shape index (κ2) is 8.46. The SMILES string of the molecule is O=C(NCCNC(=O)c1cc2ccccc2oc1=O)c1nc(-c2ccc3c(c2)OCO3)no1. The van der Waals surface area contributed by atoms with Gasteiger partial charge in [-0.2, -0.15) is 4.98 Å². The highest BCUT2D eigenvalue weighted by Gasteiger charge is 2.19. The number of hydrogen-bond donors (Lipinski definition) is 2. The zero-order valence-electron chi connectivity index (χ0n) is 17.0. The monoisotopic (exact) mass is 448 g/mol. The molecule has 0 spiro atoms. The van der Waals surface area contributed by atoms with E-state index < -0.39 is 17.4 Å². The van der Waals surface area contributed by atoms with Crippen molar-refractivity contribution in [3.63, 3.8) is 0 Å². The molecular formula is C22H16N4O7.